The van der Waals surface area contributed by atoms with Crippen molar-refractivity contribution in [3.05, 3.63) is 50.4 Å². The molecule has 3 aromatic heterocycles. The molecule has 1 aliphatic carbocycles. The van der Waals surface area contributed by atoms with Crippen molar-refractivity contribution < 1.29 is 4.79 Å². The molecule has 0 aromatic carbocycles. The summed E-state index contributed by atoms with van der Waals surface area (Å²) in [5.41, 5.74) is 0.332. The van der Waals surface area contributed by atoms with E-state index < -0.39 is 17.2 Å². The third-order valence-corrected chi connectivity index (χ3v) is 5.13. The Labute approximate surface area is 154 Å². The molecule has 0 saturated heterocycles. The number of nitrogens with zero attached hydrogens (tertiary/aromatic N) is 4. The molecule has 0 radical (unpaired) electrons. The number of aromatic amines is 1. The molecule has 0 spiro atoms. The third-order valence-electron chi connectivity index (χ3n) is 5.13. The van der Waals surface area contributed by atoms with Crippen LogP contribution < -0.4 is 16.6 Å². The lowest BCUT2D eigenvalue weighted by atomic mass is 10.0. The van der Waals surface area contributed by atoms with Gasteiger partial charge in [-0.15, -0.1) is 0 Å². The Hall–Kier alpha value is -3.23. The Bertz CT molecular complexity index is 1150. The molecule has 1 aliphatic rings. The van der Waals surface area contributed by atoms with Crippen molar-refractivity contribution in [3.63, 3.8) is 0 Å². The predicted octanol–water partition coefficient (Wildman–Crippen LogP) is 1.27. The van der Waals surface area contributed by atoms with Crippen LogP contribution in [0.5, 0.6) is 0 Å². The van der Waals surface area contributed by atoms with Crippen LogP contribution >= 0.6 is 0 Å². The molecule has 140 valence electrons. The van der Waals surface area contributed by atoms with Crippen LogP contribution in [0.3, 0.4) is 0 Å². The zero-order valence-corrected chi connectivity index (χ0v) is 15.2. The zero-order chi connectivity index (χ0) is 19.1. The first-order valence-electron chi connectivity index (χ1n) is 8.88. The summed E-state index contributed by atoms with van der Waals surface area (Å²) in [6, 6.07) is 3.34. The van der Waals surface area contributed by atoms with Crippen LogP contribution in [-0.2, 0) is 14.1 Å². The lowest BCUT2D eigenvalue weighted by Crippen LogP contribution is -2.29. The maximum atomic E-state index is 12.6. The summed E-state index contributed by atoms with van der Waals surface area (Å²) >= 11 is 0. The Morgan fingerprint density at radius 2 is 1.96 bits per heavy atom. The number of fused-ring (bicyclic) bond motifs is 1. The summed E-state index contributed by atoms with van der Waals surface area (Å²) in [5.74, 6) is 0.652. The molecule has 3 aromatic rings. The van der Waals surface area contributed by atoms with Crippen molar-refractivity contribution >= 4 is 22.8 Å². The van der Waals surface area contributed by atoms with Gasteiger partial charge in [0.1, 0.15) is 11.5 Å². The first-order chi connectivity index (χ1) is 12.9. The second-order valence-corrected chi connectivity index (χ2v) is 6.93. The first kappa shape index (κ1) is 17.2. The number of carbonyl (C=O) groups excluding carboxylic acids is 1. The predicted molar refractivity (Wildman–Crippen MR) is 100.0 cm³/mol. The van der Waals surface area contributed by atoms with Gasteiger partial charge < -0.3 is 5.32 Å². The molecule has 9 nitrogen and oxygen atoms in total. The minimum Gasteiger partial charge on any atom is -0.307 e. The van der Waals surface area contributed by atoms with Crippen molar-refractivity contribution in [2.75, 3.05) is 5.32 Å². The summed E-state index contributed by atoms with van der Waals surface area (Å²) in [5, 5.41) is 7.52. The summed E-state index contributed by atoms with van der Waals surface area (Å²) in [7, 11) is 3.29. The van der Waals surface area contributed by atoms with Gasteiger partial charge in [0.25, 0.3) is 11.5 Å². The second-order valence-electron chi connectivity index (χ2n) is 6.93. The number of pyridine rings is 1. The molecule has 3 heterocycles. The van der Waals surface area contributed by atoms with E-state index in [-0.39, 0.29) is 16.6 Å². The molecular weight excluding hydrogens is 348 g/mol. The summed E-state index contributed by atoms with van der Waals surface area (Å²) < 4.78 is 2.88. The van der Waals surface area contributed by atoms with Gasteiger partial charge >= 0.3 is 5.69 Å². The topological polar surface area (TPSA) is 115 Å². The first-order valence-corrected chi connectivity index (χ1v) is 8.88. The van der Waals surface area contributed by atoms with E-state index in [9.17, 15) is 14.4 Å². The fourth-order valence-electron chi connectivity index (χ4n) is 3.58. The Balaban J connectivity index is 1.64. The third kappa shape index (κ3) is 3.05. The van der Waals surface area contributed by atoms with E-state index in [1.54, 1.807) is 11.7 Å². The molecule has 4 rings (SSSR count). The molecular formula is C18H20N6O3. The number of aromatic nitrogens is 5. The molecule has 2 N–H and O–H groups in total. The fourth-order valence-corrected chi connectivity index (χ4v) is 3.58. The number of H-pyrrole nitrogens is 1. The van der Waals surface area contributed by atoms with Gasteiger partial charge in [0.05, 0.1) is 16.6 Å². The normalized spacial score (nSPS) is 14.7. The van der Waals surface area contributed by atoms with Crippen LogP contribution in [0.4, 0.5) is 5.82 Å². The molecule has 27 heavy (non-hydrogen) atoms. The number of anilines is 1. The maximum absolute atomic E-state index is 12.6. The lowest BCUT2D eigenvalue weighted by Gasteiger charge is -2.07. The lowest BCUT2D eigenvalue weighted by molar-refractivity contribution is 0.102. The molecule has 1 fully saturated rings. The molecule has 1 amide bonds. The van der Waals surface area contributed by atoms with E-state index >= 15 is 0 Å². The Kier molecular flexibility index (Phi) is 4.14. The van der Waals surface area contributed by atoms with Gasteiger partial charge in [-0.2, -0.15) is 5.10 Å². The monoisotopic (exact) mass is 368 g/mol. The van der Waals surface area contributed by atoms with E-state index in [4.69, 9.17) is 0 Å². The summed E-state index contributed by atoms with van der Waals surface area (Å²) in [6.07, 6.45) is 6.03. The number of aryl methyl sites for hydroxylation is 2. The van der Waals surface area contributed by atoms with Crippen LogP contribution in [0.2, 0.25) is 0 Å². The van der Waals surface area contributed by atoms with Gasteiger partial charge in [0.15, 0.2) is 0 Å². The fraction of sp³-hybridized carbons (Fsp3) is 0.389. The van der Waals surface area contributed by atoms with Crippen molar-refractivity contribution in [2.24, 2.45) is 14.1 Å². The van der Waals surface area contributed by atoms with Crippen molar-refractivity contribution in [3.8, 4) is 0 Å². The highest BCUT2D eigenvalue weighted by Gasteiger charge is 2.21. The van der Waals surface area contributed by atoms with Gasteiger partial charge in [-0.05, 0) is 18.9 Å². The van der Waals surface area contributed by atoms with E-state index in [0.717, 1.165) is 18.5 Å². The van der Waals surface area contributed by atoms with Crippen LogP contribution in [-0.4, -0.2) is 30.2 Å². The van der Waals surface area contributed by atoms with E-state index in [0.29, 0.717) is 11.7 Å². The maximum Gasteiger partial charge on any atom is 0.329 e. The number of amides is 1. The molecule has 0 atom stereocenters. The Morgan fingerprint density at radius 3 is 2.70 bits per heavy atom. The highest BCUT2D eigenvalue weighted by molar-refractivity contribution is 6.05. The van der Waals surface area contributed by atoms with Crippen molar-refractivity contribution in [1.82, 2.24) is 24.3 Å². The largest absolute Gasteiger partial charge is 0.329 e. The quantitative estimate of drug-likeness (QED) is 0.722. The molecule has 0 aliphatic heterocycles. The molecule has 1 saturated carbocycles. The number of rotatable bonds is 3. The van der Waals surface area contributed by atoms with Gasteiger partial charge in [-0.1, -0.05) is 12.8 Å². The standard InChI is InChI=1S/C18H20N6O3/c1-23-15-12(17(26)21-18(23)27)7-11(9-19-15)16(25)20-14-8-13(22-24(14)2)10-5-3-4-6-10/h7-10H,3-6H2,1-2H3,(H,20,25)(H,21,26,27). The molecule has 0 bridgehead atoms. The van der Waals surface area contributed by atoms with Crippen LogP contribution in [0, 0.1) is 0 Å². The number of carbonyl (C=O) groups is 1. The van der Waals surface area contributed by atoms with Crippen molar-refractivity contribution in [2.45, 2.75) is 31.6 Å². The van der Waals surface area contributed by atoms with E-state index in [1.807, 2.05) is 6.07 Å². The SMILES string of the molecule is Cn1nc(C2CCCC2)cc1NC(=O)c1cnc2c(c1)c(=O)[nH]c(=O)n2C. The van der Waals surface area contributed by atoms with E-state index in [2.05, 4.69) is 20.4 Å². The van der Waals surface area contributed by atoms with Crippen LogP contribution in [0.1, 0.15) is 47.7 Å². The number of hydrogen-bond acceptors (Lipinski definition) is 5. The average molecular weight is 368 g/mol. The zero-order valence-electron chi connectivity index (χ0n) is 15.2. The highest BCUT2D eigenvalue weighted by atomic mass is 16.2. The number of nitrogens with one attached hydrogen (secondary N) is 2. The highest BCUT2D eigenvalue weighted by Crippen LogP contribution is 2.34. The number of hydrogen-bond donors (Lipinski definition) is 2. The summed E-state index contributed by atoms with van der Waals surface area (Å²) in [6.45, 7) is 0. The van der Waals surface area contributed by atoms with Gasteiger partial charge in [0, 0.05) is 32.3 Å². The molecule has 9 heteroatoms. The molecule has 0 unspecified atom stereocenters. The minimum atomic E-state index is -0.570. The summed E-state index contributed by atoms with van der Waals surface area (Å²) in [4.78, 5) is 42.6. The smallest absolute Gasteiger partial charge is 0.307 e. The van der Waals surface area contributed by atoms with Gasteiger partial charge in [0.2, 0.25) is 0 Å². The van der Waals surface area contributed by atoms with E-state index in [1.165, 1.54) is 36.7 Å². The van der Waals surface area contributed by atoms with Crippen molar-refractivity contribution in [1.29, 1.82) is 0 Å². The van der Waals surface area contributed by atoms with Crippen LogP contribution in [0.15, 0.2) is 27.9 Å². The average Bonchev–Trinajstić information content (AvgIpc) is 3.30. The Morgan fingerprint density at radius 1 is 1.22 bits per heavy atom. The van der Waals surface area contributed by atoms with Gasteiger partial charge in [-0.3, -0.25) is 23.8 Å². The van der Waals surface area contributed by atoms with Gasteiger partial charge in [-0.25, -0.2) is 9.78 Å². The minimum absolute atomic E-state index is 0.182. The second kappa shape index (κ2) is 6.49. The van der Waals surface area contributed by atoms with Crippen LogP contribution in [0.25, 0.3) is 11.0 Å².